The molecule has 0 radical (unpaired) electrons. The number of aryl methyl sites for hydroxylation is 2. The third-order valence-electron chi connectivity index (χ3n) is 6.41. The fourth-order valence-corrected chi connectivity index (χ4v) is 6.16. The van der Waals surface area contributed by atoms with Crippen LogP contribution in [0.2, 0.25) is 0 Å². The third-order valence-corrected chi connectivity index (χ3v) is 8.35. The Morgan fingerprint density at radius 1 is 0.784 bits per heavy atom. The molecule has 2 unspecified atom stereocenters. The van der Waals surface area contributed by atoms with E-state index in [4.69, 9.17) is 5.11 Å². The molecule has 3 aromatic rings. The maximum atomic E-state index is 13.0. The highest BCUT2D eigenvalue weighted by molar-refractivity contribution is 7.58. The van der Waals surface area contributed by atoms with Crippen LogP contribution in [0.4, 0.5) is 0 Å². The number of benzene rings is 3. The molecule has 7 heteroatoms. The van der Waals surface area contributed by atoms with Crippen molar-refractivity contribution in [1.29, 1.82) is 0 Å². The Hall–Kier alpha value is -3.21. The molecule has 0 aliphatic heterocycles. The van der Waals surface area contributed by atoms with Crippen molar-refractivity contribution < 1.29 is 24.2 Å². The van der Waals surface area contributed by atoms with Gasteiger partial charge >= 0.3 is 5.97 Å². The molecular weight excluding hydrogens is 485 g/mol. The first-order chi connectivity index (χ1) is 17.8. The average Bonchev–Trinajstić information content (AvgIpc) is 2.90. The van der Waals surface area contributed by atoms with Gasteiger partial charge in [0.05, 0.1) is 0 Å². The first kappa shape index (κ1) is 28.4. The molecule has 6 nitrogen and oxygen atoms in total. The minimum atomic E-state index is -3.53. The number of carbonyl (C=O) groups is 2. The van der Waals surface area contributed by atoms with Gasteiger partial charge in [-0.05, 0) is 54.4 Å². The van der Waals surface area contributed by atoms with E-state index in [0.29, 0.717) is 25.7 Å². The van der Waals surface area contributed by atoms with E-state index < -0.39 is 19.3 Å². The lowest BCUT2D eigenvalue weighted by atomic mass is 9.98. The summed E-state index contributed by atoms with van der Waals surface area (Å²) in [6, 6.07) is 28.0. The molecule has 0 saturated heterocycles. The van der Waals surface area contributed by atoms with Crippen molar-refractivity contribution in [2.45, 2.75) is 38.5 Å². The molecule has 0 aromatic heterocycles. The van der Waals surface area contributed by atoms with Crippen molar-refractivity contribution in [3.8, 4) is 11.1 Å². The van der Waals surface area contributed by atoms with Gasteiger partial charge in [0.25, 0.3) is 0 Å². The zero-order chi connectivity index (χ0) is 26.5. The number of hydrogen-bond acceptors (Lipinski definition) is 3. The van der Waals surface area contributed by atoms with E-state index in [-0.39, 0.29) is 31.2 Å². The van der Waals surface area contributed by atoms with Crippen LogP contribution in [-0.2, 0) is 27.0 Å². The van der Waals surface area contributed by atoms with E-state index in [1.165, 1.54) is 0 Å². The minimum Gasteiger partial charge on any atom is -0.481 e. The molecule has 0 heterocycles. The Bertz CT molecular complexity index is 1170. The fourth-order valence-electron chi connectivity index (χ4n) is 4.33. The highest BCUT2D eigenvalue weighted by atomic mass is 31.2. The van der Waals surface area contributed by atoms with E-state index in [0.717, 1.165) is 28.7 Å². The smallest absolute Gasteiger partial charge is 0.303 e. The highest BCUT2D eigenvalue weighted by Gasteiger charge is 2.28. The topological polar surface area (TPSA) is 104 Å². The Balaban J connectivity index is 1.57. The molecule has 0 fully saturated rings. The lowest BCUT2D eigenvalue weighted by Gasteiger charge is -2.20. The van der Waals surface area contributed by atoms with E-state index in [1.807, 2.05) is 48.5 Å². The second kappa shape index (κ2) is 14.5. The number of carboxylic acids is 1. The molecule has 0 aliphatic carbocycles. The molecule has 37 heavy (non-hydrogen) atoms. The largest absolute Gasteiger partial charge is 0.481 e. The predicted octanol–water partition coefficient (Wildman–Crippen LogP) is 5.79. The molecule has 196 valence electrons. The molecular formula is C30H36NO5P. The third kappa shape index (κ3) is 10.4. The fraction of sp³-hybridized carbons (Fsp3) is 0.333. The molecule has 3 rings (SSSR count). The number of carboxylic acid groups (broad SMARTS) is 1. The van der Waals surface area contributed by atoms with Gasteiger partial charge in [-0.15, -0.1) is 0 Å². The maximum absolute atomic E-state index is 13.0. The van der Waals surface area contributed by atoms with Crippen LogP contribution in [0, 0.1) is 5.92 Å². The van der Waals surface area contributed by atoms with Crippen molar-refractivity contribution >= 4 is 19.2 Å². The van der Waals surface area contributed by atoms with Crippen LogP contribution in [0.15, 0.2) is 84.9 Å². The second-order valence-corrected chi connectivity index (χ2v) is 11.9. The van der Waals surface area contributed by atoms with Gasteiger partial charge in [-0.2, -0.15) is 0 Å². The van der Waals surface area contributed by atoms with Crippen LogP contribution in [0.5, 0.6) is 0 Å². The summed E-state index contributed by atoms with van der Waals surface area (Å²) in [6.07, 6.45) is 2.79. The molecule has 3 N–H and O–H groups in total. The van der Waals surface area contributed by atoms with Crippen LogP contribution in [-0.4, -0.2) is 40.7 Å². The van der Waals surface area contributed by atoms with Gasteiger partial charge in [0.2, 0.25) is 13.3 Å². The number of hydrogen-bond donors (Lipinski definition) is 3. The summed E-state index contributed by atoms with van der Waals surface area (Å²) in [5, 5.41) is 11.6. The van der Waals surface area contributed by atoms with Crippen LogP contribution >= 0.6 is 7.37 Å². The number of nitrogens with one attached hydrogen (secondary N) is 1. The molecule has 0 saturated carbocycles. The number of rotatable bonds is 15. The summed E-state index contributed by atoms with van der Waals surface area (Å²) in [7, 11) is -3.53. The first-order valence-corrected chi connectivity index (χ1v) is 14.8. The summed E-state index contributed by atoms with van der Waals surface area (Å²) in [5.41, 5.74) is 4.44. The second-order valence-electron chi connectivity index (χ2n) is 9.43. The first-order valence-electron chi connectivity index (χ1n) is 12.8. The lowest BCUT2D eigenvalue weighted by molar-refractivity contribution is -0.137. The van der Waals surface area contributed by atoms with Gasteiger partial charge in [-0.25, -0.2) is 0 Å². The summed E-state index contributed by atoms with van der Waals surface area (Å²) in [6.45, 7) is 0.238. The summed E-state index contributed by atoms with van der Waals surface area (Å²) in [5.74, 6) is -1.79. The van der Waals surface area contributed by atoms with E-state index in [9.17, 15) is 19.0 Å². The van der Waals surface area contributed by atoms with Gasteiger partial charge < -0.3 is 15.3 Å². The summed E-state index contributed by atoms with van der Waals surface area (Å²) >= 11 is 0. The van der Waals surface area contributed by atoms with Crippen LogP contribution < -0.4 is 5.32 Å². The average molecular weight is 522 g/mol. The van der Waals surface area contributed by atoms with Gasteiger partial charge in [0, 0.05) is 31.2 Å². The Kier molecular flexibility index (Phi) is 11.1. The van der Waals surface area contributed by atoms with Crippen molar-refractivity contribution in [3.63, 3.8) is 0 Å². The maximum Gasteiger partial charge on any atom is 0.303 e. The van der Waals surface area contributed by atoms with E-state index in [2.05, 4.69) is 41.7 Å². The Morgan fingerprint density at radius 2 is 1.38 bits per heavy atom. The summed E-state index contributed by atoms with van der Waals surface area (Å²) in [4.78, 5) is 34.3. The SMILES string of the molecule is O=C(O)CCCNC(=O)C(CCCc1ccc(-c2ccccc2)cc1)CP(=O)(O)CCc1ccccc1. The van der Waals surface area contributed by atoms with Crippen LogP contribution in [0.25, 0.3) is 11.1 Å². The van der Waals surface area contributed by atoms with Gasteiger partial charge in [0.15, 0.2) is 0 Å². The van der Waals surface area contributed by atoms with Crippen LogP contribution in [0.3, 0.4) is 0 Å². The van der Waals surface area contributed by atoms with Crippen LogP contribution in [0.1, 0.15) is 36.8 Å². The van der Waals surface area contributed by atoms with Gasteiger partial charge in [0.1, 0.15) is 0 Å². The molecule has 0 spiro atoms. The summed E-state index contributed by atoms with van der Waals surface area (Å²) < 4.78 is 13.0. The molecule has 1 amide bonds. The highest BCUT2D eigenvalue weighted by Crippen LogP contribution is 2.44. The standard InChI is InChI=1S/C30H36NO5P/c32-29(33)15-8-21-31-30(34)28(23-37(35,36)22-20-24-9-3-1-4-10-24)14-7-11-25-16-18-27(19-17-25)26-12-5-2-6-13-26/h1-6,9-10,12-13,16-19,28H,7-8,11,14-15,20-23H2,(H,31,34)(H,32,33)(H,35,36). The minimum absolute atomic E-state index is 0.0283. The molecule has 3 aromatic carbocycles. The van der Waals surface area contributed by atoms with Crippen molar-refractivity contribution in [2.75, 3.05) is 18.9 Å². The van der Waals surface area contributed by atoms with Crippen molar-refractivity contribution in [1.82, 2.24) is 5.32 Å². The Morgan fingerprint density at radius 3 is 2.03 bits per heavy atom. The van der Waals surface area contributed by atoms with E-state index >= 15 is 0 Å². The van der Waals surface area contributed by atoms with Crippen molar-refractivity contribution in [3.05, 3.63) is 96.1 Å². The zero-order valence-electron chi connectivity index (χ0n) is 21.1. The van der Waals surface area contributed by atoms with Gasteiger partial charge in [-0.3, -0.25) is 14.2 Å². The quantitative estimate of drug-likeness (QED) is 0.174. The normalized spacial score (nSPS) is 13.4. The Labute approximate surface area is 219 Å². The molecule has 0 bridgehead atoms. The predicted molar refractivity (Wildman–Crippen MR) is 148 cm³/mol. The molecule has 0 aliphatic rings. The zero-order valence-corrected chi connectivity index (χ0v) is 22.0. The number of amides is 1. The molecule has 2 atom stereocenters. The number of aliphatic carboxylic acids is 1. The monoisotopic (exact) mass is 521 g/mol. The van der Waals surface area contributed by atoms with Gasteiger partial charge in [-0.1, -0.05) is 84.9 Å². The van der Waals surface area contributed by atoms with Crippen molar-refractivity contribution in [2.24, 2.45) is 5.92 Å². The van der Waals surface area contributed by atoms with E-state index in [1.54, 1.807) is 0 Å². The number of carbonyl (C=O) groups excluding carboxylic acids is 1. The lowest BCUT2D eigenvalue weighted by Crippen LogP contribution is -2.34.